The van der Waals surface area contributed by atoms with E-state index in [9.17, 15) is 13.2 Å². The molecule has 1 atom stereocenters. The topological polar surface area (TPSA) is 78.5 Å². The van der Waals surface area contributed by atoms with Gasteiger partial charge in [-0.25, -0.2) is 13.1 Å². The van der Waals surface area contributed by atoms with E-state index in [1.54, 1.807) is 0 Å². The number of rotatable bonds is 4. The molecule has 116 valence electrons. The molecule has 0 bridgehead atoms. The van der Waals surface area contributed by atoms with Gasteiger partial charge in [0.05, 0.1) is 11.8 Å². The predicted octanol–water partition coefficient (Wildman–Crippen LogP) is 0.0588. The second-order valence-electron chi connectivity index (χ2n) is 5.92. The highest BCUT2D eigenvalue weighted by Crippen LogP contribution is 2.27. The molecule has 2 fully saturated rings. The Morgan fingerprint density at radius 2 is 2.05 bits per heavy atom. The van der Waals surface area contributed by atoms with Crippen molar-refractivity contribution < 1.29 is 13.2 Å². The lowest BCUT2D eigenvalue weighted by atomic mass is 9.91. The lowest BCUT2D eigenvalue weighted by Gasteiger charge is -2.38. The van der Waals surface area contributed by atoms with E-state index in [2.05, 4.69) is 10.0 Å². The molecule has 0 radical (unpaired) electrons. The summed E-state index contributed by atoms with van der Waals surface area (Å²) in [6, 6.07) is -0.0387. The van der Waals surface area contributed by atoms with Gasteiger partial charge in [0, 0.05) is 19.1 Å². The van der Waals surface area contributed by atoms with Crippen LogP contribution >= 0.6 is 0 Å². The monoisotopic (exact) mass is 303 g/mol. The number of nitrogens with one attached hydrogen (secondary N) is 2. The highest BCUT2D eigenvalue weighted by molar-refractivity contribution is 7.88. The highest BCUT2D eigenvalue weighted by Gasteiger charge is 2.42. The fourth-order valence-electron chi connectivity index (χ4n) is 3.25. The third-order valence-electron chi connectivity index (χ3n) is 4.42. The predicted molar refractivity (Wildman–Crippen MR) is 77.8 cm³/mol. The van der Waals surface area contributed by atoms with Crippen molar-refractivity contribution in [3.63, 3.8) is 0 Å². The molecule has 2 aliphatic heterocycles. The first-order chi connectivity index (χ1) is 9.36. The molecule has 0 aromatic heterocycles. The summed E-state index contributed by atoms with van der Waals surface area (Å²) in [6.45, 7) is 4.23. The average molecular weight is 303 g/mol. The largest absolute Gasteiger partial charge is 0.341 e. The van der Waals surface area contributed by atoms with Gasteiger partial charge in [-0.2, -0.15) is 0 Å². The molecular formula is C13H25N3O3S. The Kier molecular flexibility index (Phi) is 4.71. The molecule has 2 saturated heterocycles. The normalized spacial score (nSPS) is 28.8. The van der Waals surface area contributed by atoms with Crippen LogP contribution in [0.4, 0.5) is 0 Å². The van der Waals surface area contributed by atoms with Crippen molar-refractivity contribution in [2.24, 2.45) is 0 Å². The third-order valence-corrected chi connectivity index (χ3v) is 5.18. The molecule has 2 N–H and O–H groups in total. The minimum Gasteiger partial charge on any atom is -0.341 e. The lowest BCUT2D eigenvalue weighted by Crippen LogP contribution is -2.57. The zero-order chi connectivity index (χ0) is 14.8. The van der Waals surface area contributed by atoms with E-state index >= 15 is 0 Å². The lowest BCUT2D eigenvalue weighted by molar-refractivity contribution is -0.139. The molecule has 20 heavy (non-hydrogen) atoms. The van der Waals surface area contributed by atoms with Crippen molar-refractivity contribution >= 4 is 15.9 Å². The smallest absolute Gasteiger partial charge is 0.242 e. The summed E-state index contributed by atoms with van der Waals surface area (Å²) in [5.41, 5.74) is -0.378. The number of hydrogen-bond donors (Lipinski definition) is 2. The maximum atomic E-state index is 12.7. The van der Waals surface area contributed by atoms with E-state index < -0.39 is 10.0 Å². The molecule has 2 heterocycles. The molecule has 0 saturated carbocycles. The standard InChI is InChI=1S/C13H25N3O3S/c1-3-13(7-4-8-14-13)12(17)16-9-5-11(6-10-16)15-20(2,18)19/h11,14-15H,3-10H2,1-2H3. The summed E-state index contributed by atoms with van der Waals surface area (Å²) in [7, 11) is -3.16. The first-order valence-electron chi connectivity index (χ1n) is 7.38. The number of nitrogens with zero attached hydrogens (tertiary/aromatic N) is 1. The number of carbonyl (C=O) groups is 1. The molecule has 7 heteroatoms. The Morgan fingerprint density at radius 3 is 2.50 bits per heavy atom. The number of amides is 1. The molecule has 2 rings (SSSR count). The number of likely N-dealkylation sites (tertiary alicyclic amines) is 1. The first-order valence-corrected chi connectivity index (χ1v) is 9.27. The Hall–Kier alpha value is -0.660. The van der Waals surface area contributed by atoms with E-state index in [4.69, 9.17) is 0 Å². The van der Waals surface area contributed by atoms with Crippen LogP contribution in [0.1, 0.15) is 39.0 Å². The fraction of sp³-hybridized carbons (Fsp3) is 0.923. The van der Waals surface area contributed by atoms with Crippen LogP contribution < -0.4 is 10.0 Å². The van der Waals surface area contributed by atoms with Gasteiger partial charge in [-0.15, -0.1) is 0 Å². The van der Waals surface area contributed by atoms with Crippen LogP contribution in [0.5, 0.6) is 0 Å². The van der Waals surface area contributed by atoms with Crippen LogP contribution in [-0.4, -0.2) is 56.7 Å². The van der Waals surface area contributed by atoms with Crippen molar-refractivity contribution in [3.05, 3.63) is 0 Å². The quantitative estimate of drug-likeness (QED) is 0.770. The van der Waals surface area contributed by atoms with Gasteiger partial charge in [-0.1, -0.05) is 6.92 Å². The first kappa shape index (κ1) is 15.7. The van der Waals surface area contributed by atoms with Crippen LogP contribution in [0.2, 0.25) is 0 Å². The summed E-state index contributed by atoms with van der Waals surface area (Å²) in [6.07, 6.45) is 5.33. The van der Waals surface area contributed by atoms with E-state index in [1.807, 2.05) is 11.8 Å². The summed E-state index contributed by atoms with van der Waals surface area (Å²) < 4.78 is 25.1. The Morgan fingerprint density at radius 1 is 1.40 bits per heavy atom. The van der Waals surface area contributed by atoms with Gasteiger partial charge in [-0.3, -0.25) is 4.79 Å². The highest BCUT2D eigenvalue weighted by atomic mass is 32.2. The van der Waals surface area contributed by atoms with Gasteiger partial charge < -0.3 is 10.2 Å². The second kappa shape index (κ2) is 5.99. The SMILES string of the molecule is CCC1(C(=O)N2CCC(NS(C)(=O)=O)CC2)CCCN1. The molecule has 0 aromatic rings. The molecular weight excluding hydrogens is 278 g/mol. The van der Waals surface area contributed by atoms with E-state index in [0.717, 1.165) is 25.8 Å². The molecule has 0 aliphatic carbocycles. The van der Waals surface area contributed by atoms with E-state index in [-0.39, 0.29) is 17.5 Å². The second-order valence-corrected chi connectivity index (χ2v) is 7.70. The Labute approximate surface area is 121 Å². The van der Waals surface area contributed by atoms with Crippen molar-refractivity contribution in [3.8, 4) is 0 Å². The molecule has 1 amide bonds. The van der Waals surface area contributed by atoms with Crippen LogP contribution in [-0.2, 0) is 14.8 Å². The number of hydrogen-bond acceptors (Lipinski definition) is 4. The number of carbonyl (C=O) groups excluding carboxylic acids is 1. The minimum absolute atomic E-state index is 0.0387. The van der Waals surface area contributed by atoms with E-state index in [0.29, 0.717) is 25.9 Å². The fourth-order valence-corrected chi connectivity index (χ4v) is 4.09. The van der Waals surface area contributed by atoms with Gasteiger partial charge in [0.15, 0.2) is 0 Å². The maximum Gasteiger partial charge on any atom is 0.242 e. The average Bonchev–Trinajstić information content (AvgIpc) is 2.87. The van der Waals surface area contributed by atoms with Gasteiger partial charge >= 0.3 is 0 Å². The van der Waals surface area contributed by atoms with Crippen molar-refractivity contribution in [1.29, 1.82) is 0 Å². The van der Waals surface area contributed by atoms with Crippen LogP contribution in [0.25, 0.3) is 0 Å². The van der Waals surface area contributed by atoms with Gasteiger partial charge in [-0.05, 0) is 38.6 Å². The van der Waals surface area contributed by atoms with Gasteiger partial charge in [0.25, 0.3) is 0 Å². The zero-order valence-corrected chi connectivity index (χ0v) is 13.1. The molecule has 2 aliphatic rings. The summed E-state index contributed by atoms with van der Waals surface area (Å²) >= 11 is 0. The van der Waals surface area contributed by atoms with Gasteiger partial charge in [0.2, 0.25) is 15.9 Å². The van der Waals surface area contributed by atoms with Crippen molar-refractivity contribution in [2.45, 2.75) is 50.6 Å². The van der Waals surface area contributed by atoms with Crippen molar-refractivity contribution in [1.82, 2.24) is 14.9 Å². The number of sulfonamides is 1. The number of piperidine rings is 1. The minimum atomic E-state index is -3.16. The third kappa shape index (κ3) is 3.51. The van der Waals surface area contributed by atoms with Crippen molar-refractivity contribution in [2.75, 3.05) is 25.9 Å². The molecule has 6 nitrogen and oxygen atoms in total. The van der Waals surface area contributed by atoms with Crippen LogP contribution in [0.15, 0.2) is 0 Å². The van der Waals surface area contributed by atoms with Crippen LogP contribution in [0.3, 0.4) is 0 Å². The van der Waals surface area contributed by atoms with E-state index in [1.165, 1.54) is 6.26 Å². The van der Waals surface area contributed by atoms with Crippen LogP contribution in [0, 0.1) is 0 Å². The summed E-state index contributed by atoms with van der Waals surface area (Å²) in [5, 5.41) is 3.36. The molecule has 0 aromatic carbocycles. The Bertz CT molecular complexity index is 449. The maximum absolute atomic E-state index is 12.7. The zero-order valence-electron chi connectivity index (χ0n) is 12.3. The summed E-state index contributed by atoms with van der Waals surface area (Å²) in [4.78, 5) is 14.6. The Balaban J connectivity index is 1.92. The summed E-state index contributed by atoms with van der Waals surface area (Å²) in [5.74, 6) is 0.190. The molecule has 1 unspecified atom stereocenters. The molecule has 0 spiro atoms. The van der Waals surface area contributed by atoms with Gasteiger partial charge in [0.1, 0.15) is 0 Å².